The highest BCUT2D eigenvalue weighted by atomic mass is 16.5. The van der Waals surface area contributed by atoms with Crippen LogP contribution in [0, 0.1) is 0 Å². The van der Waals surface area contributed by atoms with Crippen molar-refractivity contribution < 1.29 is 4.74 Å². The largest absolute Gasteiger partial charge is 0.455 e. The minimum atomic E-state index is 0.922. The zero-order valence-corrected chi connectivity index (χ0v) is 21.1. The zero-order chi connectivity index (χ0) is 25.5. The minimum Gasteiger partial charge on any atom is -0.455 e. The van der Waals surface area contributed by atoms with Crippen LogP contribution < -0.4 is 4.74 Å². The molecule has 0 unspecified atom stereocenters. The Bertz CT molecular complexity index is 2230. The van der Waals surface area contributed by atoms with Gasteiger partial charge in [-0.1, -0.05) is 121 Å². The summed E-state index contributed by atoms with van der Waals surface area (Å²) >= 11 is 0. The molecule has 39 heavy (non-hydrogen) atoms. The highest BCUT2D eigenvalue weighted by molar-refractivity contribution is 6.25. The molecule has 0 saturated heterocycles. The summed E-state index contributed by atoms with van der Waals surface area (Å²) in [5.74, 6) is 1.85. The van der Waals surface area contributed by atoms with E-state index in [1.807, 2.05) is 0 Å². The standard InChI is InChI=1S/C38H22O/c1-6-24-16-17-26-18-20-29(32-21-19-25(7-1)35(24)37(26)32)27-10-2-11-28(22-27)30-12-5-14-33-31-13-3-8-23-9-4-15-34(36(23)31)39-38(30)33/h1-22H. The summed E-state index contributed by atoms with van der Waals surface area (Å²) in [4.78, 5) is 0. The molecule has 0 fully saturated rings. The van der Waals surface area contributed by atoms with E-state index in [9.17, 15) is 0 Å². The van der Waals surface area contributed by atoms with Gasteiger partial charge in [0, 0.05) is 16.5 Å². The average molecular weight is 495 g/mol. The fourth-order valence-electron chi connectivity index (χ4n) is 6.65. The molecule has 0 N–H and O–H groups in total. The number of benzene rings is 8. The van der Waals surface area contributed by atoms with Crippen molar-refractivity contribution in [2.24, 2.45) is 0 Å². The molecule has 1 heteroatoms. The molecule has 0 atom stereocenters. The number of ether oxygens (including phenoxy) is 1. The molecular formula is C38H22O. The van der Waals surface area contributed by atoms with Crippen LogP contribution in [0.25, 0.3) is 76.5 Å². The Kier molecular flexibility index (Phi) is 4.11. The lowest BCUT2D eigenvalue weighted by Crippen LogP contribution is -1.99. The van der Waals surface area contributed by atoms with Crippen LogP contribution in [0.2, 0.25) is 0 Å². The van der Waals surface area contributed by atoms with Gasteiger partial charge in [-0.15, -0.1) is 0 Å². The second kappa shape index (κ2) is 7.69. The van der Waals surface area contributed by atoms with E-state index in [1.54, 1.807) is 0 Å². The van der Waals surface area contributed by atoms with Crippen molar-refractivity contribution in [1.29, 1.82) is 0 Å². The van der Waals surface area contributed by atoms with Gasteiger partial charge in [0.1, 0.15) is 11.5 Å². The summed E-state index contributed by atoms with van der Waals surface area (Å²) in [6.07, 6.45) is 0. The predicted molar refractivity (Wildman–Crippen MR) is 164 cm³/mol. The molecule has 9 rings (SSSR count). The lowest BCUT2D eigenvalue weighted by Gasteiger charge is -2.23. The second-order valence-electron chi connectivity index (χ2n) is 10.5. The summed E-state index contributed by atoms with van der Waals surface area (Å²) in [7, 11) is 0. The van der Waals surface area contributed by atoms with Crippen molar-refractivity contribution in [3.63, 3.8) is 0 Å². The molecule has 0 radical (unpaired) electrons. The van der Waals surface area contributed by atoms with Crippen molar-refractivity contribution in [1.82, 2.24) is 0 Å². The Morgan fingerprint density at radius 3 is 1.77 bits per heavy atom. The number of rotatable bonds is 2. The SMILES string of the molecule is c1cc(-c2cccc3c2Oc2cccc4cccc-3c24)cc(-c2ccc3ccc4cccc5ccc2c3c45)c1. The maximum absolute atomic E-state index is 6.63. The number of hydrogen-bond acceptors (Lipinski definition) is 1. The molecule has 0 amide bonds. The van der Waals surface area contributed by atoms with Crippen LogP contribution in [0.1, 0.15) is 0 Å². The van der Waals surface area contributed by atoms with E-state index in [1.165, 1.54) is 59.8 Å². The second-order valence-corrected chi connectivity index (χ2v) is 10.5. The van der Waals surface area contributed by atoms with E-state index in [2.05, 4.69) is 133 Å². The minimum absolute atomic E-state index is 0.922. The molecule has 0 aromatic heterocycles. The Morgan fingerprint density at radius 1 is 0.359 bits per heavy atom. The lowest BCUT2D eigenvalue weighted by atomic mass is 9.88. The lowest BCUT2D eigenvalue weighted by molar-refractivity contribution is 0.489. The van der Waals surface area contributed by atoms with Crippen molar-refractivity contribution in [3.8, 4) is 44.9 Å². The molecule has 1 aliphatic heterocycles. The zero-order valence-electron chi connectivity index (χ0n) is 21.1. The first-order valence-corrected chi connectivity index (χ1v) is 13.4. The summed E-state index contributed by atoms with van der Waals surface area (Å²) < 4.78 is 6.63. The first-order valence-electron chi connectivity index (χ1n) is 13.4. The Balaban J connectivity index is 1.25. The summed E-state index contributed by atoms with van der Waals surface area (Å²) in [5.41, 5.74) is 7.10. The molecule has 1 aliphatic rings. The van der Waals surface area contributed by atoms with Gasteiger partial charge in [0.15, 0.2) is 0 Å². The number of fused-ring (bicyclic) bond motifs is 2. The van der Waals surface area contributed by atoms with Crippen molar-refractivity contribution >= 4 is 43.1 Å². The monoisotopic (exact) mass is 494 g/mol. The van der Waals surface area contributed by atoms with E-state index in [-0.39, 0.29) is 0 Å². The topological polar surface area (TPSA) is 9.23 Å². The van der Waals surface area contributed by atoms with E-state index in [4.69, 9.17) is 4.74 Å². The fourth-order valence-corrected chi connectivity index (χ4v) is 6.65. The van der Waals surface area contributed by atoms with Gasteiger partial charge in [0.2, 0.25) is 0 Å². The van der Waals surface area contributed by atoms with Crippen LogP contribution in [0.15, 0.2) is 133 Å². The summed E-state index contributed by atoms with van der Waals surface area (Å²) in [6.45, 7) is 0. The normalized spacial score (nSPS) is 12.3. The van der Waals surface area contributed by atoms with Gasteiger partial charge in [-0.2, -0.15) is 0 Å². The van der Waals surface area contributed by atoms with E-state index < -0.39 is 0 Å². The smallest absolute Gasteiger partial charge is 0.143 e. The molecule has 8 aromatic carbocycles. The molecule has 1 nitrogen and oxygen atoms in total. The number of para-hydroxylation sites is 1. The van der Waals surface area contributed by atoms with Crippen LogP contribution in [0.3, 0.4) is 0 Å². The molecule has 8 aromatic rings. The molecule has 1 heterocycles. The number of hydrogen-bond donors (Lipinski definition) is 0. The highest BCUT2D eigenvalue weighted by Crippen LogP contribution is 2.50. The van der Waals surface area contributed by atoms with Gasteiger partial charge in [-0.25, -0.2) is 0 Å². The van der Waals surface area contributed by atoms with Gasteiger partial charge >= 0.3 is 0 Å². The Hall–Kier alpha value is -5.14. The van der Waals surface area contributed by atoms with Crippen LogP contribution in [-0.2, 0) is 0 Å². The van der Waals surface area contributed by atoms with Crippen molar-refractivity contribution in [2.75, 3.05) is 0 Å². The fraction of sp³-hybridized carbons (Fsp3) is 0. The van der Waals surface area contributed by atoms with Crippen molar-refractivity contribution in [2.45, 2.75) is 0 Å². The van der Waals surface area contributed by atoms with Crippen LogP contribution >= 0.6 is 0 Å². The average Bonchev–Trinajstić information content (AvgIpc) is 3.00. The van der Waals surface area contributed by atoms with Gasteiger partial charge < -0.3 is 4.74 Å². The third-order valence-corrected chi connectivity index (χ3v) is 8.40. The Labute approximate surface area is 225 Å². The molecule has 0 spiro atoms. The van der Waals surface area contributed by atoms with Crippen LogP contribution in [0.5, 0.6) is 11.5 Å². The maximum atomic E-state index is 6.63. The van der Waals surface area contributed by atoms with Crippen molar-refractivity contribution in [3.05, 3.63) is 133 Å². The molecule has 180 valence electrons. The van der Waals surface area contributed by atoms with Gasteiger partial charge in [0.25, 0.3) is 0 Å². The highest BCUT2D eigenvalue weighted by Gasteiger charge is 2.23. The molecule has 0 saturated carbocycles. The summed E-state index contributed by atoms with van der Waals surface area (Å²) in [6, 6.07) is 48.3. The summed E-state index contributed by atoms with van der Waals surface area (Å²) in [5, 5.41) is 10.2. The third-order valence-electron chi connectivity index (χ3n) is 8.40. The molecular weight excluding hydrogens is 472 g/mol. The molecule has 0 aliphatic carbocycles. The Morgan fingerprint density at radius 2 is 0.923 bits per heavy atom. The predicted octanol–water partition coefficient (Wildman–Crippen LogP) is 10.8. The van der Waals surface area contributed by atoms with Gasteiger partial charge in [-0.3, -0.25) is 0 Å². The first kappa shape index (κ1) is 20.9. The van der Waals surface area contributed by atoms with Crippen LogP contribution in [0.4, 0.5) is 0 Å². The van der Waals surface area contributed by atoms with E-state index in [0.717, 1.165) is 28.2 Å². The van der Waals surface area contributed by atoms with Crippen LogP contribution in [-0.4, -0.2) is 0 Å². The maximum Gasteiger partial charge on any atom is 0.143 e. The van der Waals surface area contributed by atoms with Gasteiger partial charge in [0.05, 0.1) is 0 Å². The molecule has 0 bridgehead atoms. The quantitative estimate of drug-likeness (QED) is 0.217. The first-order chi connectivity index (χ1) is 19.3. The van der Waals surface area contributed by atoms with Gasteiger partial charge in [-0.05, 0) is 72.1 Å². The van der Waals surface area contributed by atoms with E-state index in [0.29, 0.717) is 0 Å². The third kappa shape index (κ3) is 2.90. The van der Waals surface area contributed by atoms with E-state index >= 15 is 0 Å².